The zero-order valence-corrected chi connectivity index (χ0v) is 14.9. The highest BCUT2D eigenvalue weighted by Gasteiger charge is 1.99. The zero-order valence-electron chi connectivity index (χ0n) is 14.0. The lowest BCUT2D eigenvalue weighted by Gasteiger charge is -2.17. The topological polar surface area (TPSA) is 38.5 Å². The first-order valence-corrected chi connectivity index (χ1v) is 8.02. The van der Waals surface area contributed by atoms with Crippen LogP contribution in [0.2, 0.25) is 0 Å². The summed E-state index contributed by atoms with van der Waals surface area (Å²) in [4.78, 5) is 2.43. The maximum absolute atomic E-state index is 4.96. The van der Waals surface area contributed by atoms with Gasteiger partial charge in [0.15, 0.2) is 5.05 Å². The maximum atomic E-state index is 4.96. The molecule has 4 heteroatoms. The lowest BCUT2D eigenvalue weighted by Crippen LogP contribution is -2.23. The molecule has 0 aliphatic heterocycles. The van der Waals surface area contributed by atoms with E-state index in [1.54, 1.807) is 7.11 Å². The van der Waals surface area contributed by atoms with Gasteiger partial charge in [-0.25, -0.2) is 0 Å². The number of nitrogens with zero attached hydrogens (tertiary/aromatic N) is 1. The fraction of sp³-hybridized carbons (Fsp3) is 0.588. The molecule has 0 fully saturated rings. The van der Waals surface area contributed by atoms with Crippen molar-refractivity contribution in [2.24, 2.45) is 5.73 Å². The van der Waals surface area contributed by atoms with Crippen molar-refractivity contribution in [1.82, 2.24) is 4.90 Å². The summed E-state index contributed by atoms with van der Waals surface area (Å²) >= 11 is 4.96. The van der Waals surface area contributed by atoms with Crippen molar-refractivity contribution in [1.29, 1.82) is 0 Å². The molecule has 122 valence electrons. The van der Waals surface area contributed by atoms with Crippen molar-refractivity contribution >= 4 is 17.3 Å². The molecule has 0 spiro atoms. The van der Waals surface area contributed by atoms with Crippen molar-refractivity contribution in [2.45, 2.75) is 33.1 Å². The Morgan fingerprint density at radius 1 is 0.952 bits per heavy atom. The van der Waals surface area contributed by atoms with Gasteiger partial charge in [-0.05, 0) is 51.7 Å². The van der Waals surface area contributed by atoms with Crippen LogP contribution in [0, 0.1) is 0 Å². The van der Waals surface area contributed by atoms with Crippen LogP contribution < -0.4 is 5.73 Å². The predicted octanol–water partition coefficient (Wildman–Crippen LogP) is 3.73. The molecule has 0 saturated heterocycles. The van der Waals surface area contributed by atoms with Crippen molar-refractivity contribution in [3.8, 4) is 0 Å². The minimum Gasteiger partial charge on any atom is -0.490 e. The minimum absolute atomic E-state index is 0.736. The summed E-state index contributed by atoms with van der Waals surface area (Å²) in [6, 6.07) is 12.0. The first-order valence-electron chi connectivity index (χ1n) is 7.61. The van der Waals surface area contributed by atoms with Gasteiger partial charge in [-0.3, -0.25) is 0 Å². The molecule has 1 rings (SSSR count). The molecule has 0 bridgehead atoms. The molecule has 0 aliphatic rings. The van der Waals surface area contributed by atoms with E-state index in [0.717, 1.165) is 31.0 Å². The van der Waals surface area contributed by atoms with Gasteiger partial charge in [-0.2, -0.15) is 0 Å². The van der Waals surface area contributed by atoms with Gasteiger partial charge in [0, 0.05) is 6.42 Å². The van der Waals surface area contributed by atoms with Gasteiger partial charge < -0.3 is 15.4 Å². The monoisotopic (exact) mass is 312 g/mol. The van der Waals surface area contributed by atoms with Gasteiger partial charge in [0.05, 0.1) is 7.11 Å². The second-order valence-electron chi connectivity index (χ2n) is 4.21. The van der Waals surface area contributed by atoms with Gasteiger partial charge in [-0.1, -0.05) is 50.2 Å². The van der Waals surface area contributed by atoms with Crippen LogP contribution in [0.25, 0.3) is 0 Å². The molecule has 0 heterocycles. The molecular formula is C17H32N2OS. The molecular weight excluding hydrogens is 280 g/mol. The normalized spacial score (nSPS) is 9.05. The molecule has 0 unspecified atom stereocenters. The van der Waals surface area contributed by atoms with Crippen LogP contribution in [-0.4, -0.2) is 43.7 Å². The van der Waals surface area contributed by atoms with E-state index in [9.17, 15) is 0 Å². The number of methoxy groups -OCH3 is 1. The molecule has 0 aromatic heterocycles. The maximum Gasteiger partial charge on any atom is 0.159 e. The van der Waals surface area contributed by atoms with Crippen molar-refractivity contribution in [3.05, 3.63) is 36.4 Å². The number of ether oxygens (including phenoxy) is 1. The van der Waals surface area contributed by atoms with E-state index in [0.29, 0.717) is 0 Å². The van der Waals surface area contributed by atoms with E-state index in [2.05, 4.69) is 24.5 Å². The van der Waals surface area contributed by atoms with Crippen LogP contribution >= 0.6 is 12.2 Å². The largest absolute Gasteiger partial charge is 0.490 e. The van der Waals surface area contributed by atoms with Crippen LogP contribution in [0.5, 0.6) is 0 Å². The average Bonchev–Trinajstić information content (AvgIpc) is 2.58. The van der Waals surface area contributed by atoms with Crippen LogP contribution in [0.4, 0.5) is 0 Å². The quantitative estimate of drug-likeness (QED) is 0.615. The first-order chi connectivity index (χ1) is 10.2. The fourth-order valence-corrected chi connectivity index (χ4v) is 1.78. The Kier molecular flexibility index (Phi) is 20.2. The Morgan fingerprint density at radius 2 is 1.38 bits per heavy atom. The molecule has 0 amide bonds. The molecule has 3 nitrogen and oxygen atoms in total. The van der Waals surface area contributed by atoms with E-state index in [4.69, 9.17) is 17.0 Å². The molecule has 0 saturated carbocycles. The highest BCUT2D eigenvalue weighted by atomic mass is 32.1. The number of hydrogen-bond acceptors (Lipinski definition) is 4. The summed E-state index contributed by atoms with van der Waals surface area (Å²) < 4.78 is 4.93. The number of benzene rings is 1. The molecule has 1 aromatic rings. The van der Waals surface area contributed by atoms with E-state index in [1.807, 2.05) is 36.4 Å². The Hall–Kier alpha value is -0.970. The second kappa shape index (κ2) is 19.0. The van der Waals surface area contributed by atoms with Gasteiger partial charge in [0.2, 0.25) is 0 Å². The summed E-state index contributed by atoms with van der Waals surface area (Å²) in [7, 11) is 3.15. The zero-order chi connectivity index (χ0) is 16.3. The predicted molar refractivity (Wildman–Crippen MR) is 97.8 cm³/mol. The molecule has 2 N–H and O–H groups in total. The molecule has 0 radical (unpaired) electrons. The smallest absolute Gasteiger partial charge is 0.159 e. The Morgan fingerprint density at radius 3 is 1.71 bits per heavy atom. The fourth-order valence-electron chi connectivity index (χ4n) is 1.63. The summed E-state index contributed by atoms with van der Waals surface area (Å²) in [5.41, 5.74) is 4.50. The number of unbranched alkanes of at least 4 members (excludes halogenated alkanes) is 1. The lowest BCUT2D eigenvalue weighted by molar-refractivity contribution is 0.296. The minimum atomic E-state index is 0.736. The van der Waals surface area contributed by atoms with E-state index in [1.165, 1.54) is 20.0 Å². The standard InChI is InChI=1S/C10H21NOS.C6H6.CH5N/c1-4-11(5-2)9-7-6-8-10(13)12-3;1-2-4-6-5-3-1;1-2/h4-9H2,1-3H3;1-6H;2H2,1H3. The summed E-state index contributed by atoms with van der Waals surface area (Å²) in [5.74, 6) is 0. The third-order valence-corrected chi connectivity index (χ3v) is 3.26. The third-order valence-electron chi connectivity index (χ3n) is 2.89. The van der Waals surface area contributed by atoms with Gasteiger partial charge in [0.25, 0.3) is 0 Å². The summed E-state index contributed by atoms with van der Waals surface area (Å²) in [6.45, 7) is 7.86. The van der Waals surface area contributed by atoms with Gasteiger partial charge in [-0.15, -0.1) is 0 Å². The van der Waals surface area contributed by atoms with E-state index >= 15 is 0 Å². The number of rotatable bonds is 7. The Balaban J connectivity index is 0. The van der Waals surface area contributed by atoms with Gasteiger partial charge >= 0.3 is 0 Å². The van der Waals surface area contributed by atoms with Crippen molar-refractivity contribution < 1.29 is 4.74 Å². The number of thiocarbonyl (C=S) groups is 1. The third kappa shape index (κ3) is 17.0. The van der Waals surface area contributed by atoms with Crippen LogP contribution in [0.1, 0.15) is 33.1 Å². The molecule has 1 aromatic carbocycles. The second-order valence-corrected chi connectivity index (χ2v) is 4.67. The average molecular weight is 313 g/mol. The van der Waals surface area contributed by atoms with Gasteiger partial charge in [0.1, 0.15) is 0 Å². The first kappa shape index (κ1) is 22.3. The lowest BCUT2D eigenvalue weighted by atomic mass is 10.2. The molecule has 21 heavy (non-hydrogen) atoms. The Labute approximate surface area is 136 Å². The highest BCUT2D eigenvalue weighted by Crippen LogP contribution is 2.00. The van der Waals surface area contributed by atoms with Crippen LogP contribution in [0.3, 0.4) is 0 Å². The van der Waals surface area contributed by atoms with Crippen LogP contribution in [-0.2, 0) is 4.74 Å². The molecule has 0 atom stereocenters. The number of nitrogens with two attached hydrogens (primary N) is 1. The van der Waals surface area contributed by atoms with E-state index < -0.39 is 0 Å². The highest BCUT2D eigenvalue weighted by molar-refractivity contribution is 7.80. The SMILES string of the molecule is CCN(CC)CCCCC(=S)OC.CN.c1ccccc1. The van der Waals surface area contributed by atoms with Crippen molar-refractivity contribution in [3.63, 3.8) is 0 Å². The Bertz CT molecular complexity index is 276. The van der Waals surface area contributed by atoms with E-state index in [-0.39, 0.29) is 0 Å². The molecule has 0 aliphatic carbocycles. The summed E-state index contributed by atoms with van der Waals surface area (Å²) in [5, 5.41) is 0.736. The van der Waals surface area contributed by atoms with Crippen molar-refractivity contribution in [2.75, 3.05) is 33.8 Å². The van der Waals surface area contributed by atoms with Crippen LogP contribution in [0.15, 0.2) is 36.4 Å². The number of hydrogen-bond donors (Lipinski definition) is 1. The summed E-state index contributed by atoms with van der Waals surface area (Å²) in [6.07, 6.45) is 3.28.